The van der Waals surface area contributed by atoms with Gasteiger partial charge in [-0.15, -0.1) is 0 Å². The molecule has 0 aliphatic carbocycles. The normalized spacial score (nSPS) is 18.4. The number of nitrogens with zero attached hydrogens (tertiary/aromatic N) is 6. The van der Waals surface area contributed by atoms with Crippen molar-refractivity contribution in [2.75, 3.05) is 49.5 Å². The third kappa shape index (κ3) is 4.28. The van der Waals surface area contributed by atoms with Crippen molar-refractivity contribution in [3.05, 3.63) is 78.3 Å². The summed E-state index contributed by atoms with van der Waals surface area (Å²) >= 11 is 0. The highest BCUT2D eigenvalue weighted by Crippen LogP contribution is 2.31. The smallest absolute Gasteiger partial charge is 0.152 e. The Labute approximate surface area is 206 Å². The maximum absolute atomic E-state index is 4.82. The van der Waals surface area contributed by atoms with Crippen LogP contribution in [0.3, 0.4) is 0 Å². The molecule has 0 radical (unpaired) electrons. The molecule has 0 amide bonds. The van der Waals surface area contributed by atoms with Gasteiger partial charge in [-0.25, -0.2) is 0 Å². The quantitative estimate of drug-likeness (QED) is 0.609. The SMILES string of the molecule is CC(C)N1CCN(c2ccc(NC3=CC=C(c4ccc5nccnc5c4)N4CCN=C34)cc2)CC1. The number of nitrogens with one attached hydrogen (secondary N) is 1. The molecule has 3 aliphatic rings. The Morgan fingerprint density at radius 1 is 0.829 bits per heavy atom. The number of rotatable bonds is 5. The third-order valence-electron chi connectivity index (χ3n) is 7.10. The molecule has 7 nitrogen and oxygen atoms in total. The third-order valence-corrected chi connectivity index (χ3v) is 7.10. The van der Waals surface area contributed by atoms with Crippen molar-refractivity contribution in [2.24, 2.45) is 4.99 Å². The molecule has 0 saturated carbocycles. The molecule has 178 valence electrons. The molecule has 0 atom stereocenters. The lowest BCUT2D eigenvalue weighted by Crippen LogP contribution is -2.48. The van der Waals surface area contributed by atoms with Crippen molar-refractivity contribution in [1.29, 1.82) is 0 Å². The van der Waals surface area contributed by atoms with Crippen molar-refractivity contribution in [3.8, 4) is 0 Å². The predicted octanol–water partition coefficient (Wildman–Crippen LogP) is 4.22. The van der Waals surface area contributed by atoms with Crippen molar-refractivity contribution in [2.45, 2.75) is 19.9 Å². The standard InChI is InChI=1S/C28H31N7/c1-20(2)33-15-17-34(18-16-33)23-6-4-22(5-7-23)32-25-9-10-27(35-14-13-31-28(25)35)21-3-8-24-26(19-21)30-12-11-29-24/h3-12,19-20,32H,13-18H2,1-2H3. The van der Waals surface area contributed by atoms with E-state index in [2.05, 4.69) is 92.4 Å². The number of benzene rings is 2. The lowest BCUT2D eigenvalue weighted by atomic mass is 10.1. The average Bonchev–Trinajstić information content (AvgIpc) is 3.40. The molecule has 1 aromatic heterocycles. The molecule has 4 heterocycles. The van der Waals surface area contributed by atoms with Gasteiger partial charge in [-0.3, -0.25) is 19.9 Å². The fourth-order valence-electron chi connectivity index (χ4n) is 5.12. The molecule has 35 heavy (non-hydrogen) atoms. The first-order chi connectivity index (χ1) is 17.2. The molecule has 1 fully saturated rings. The molecule has 0 unspecified atom stereocenters. The fourth-order valence-corrected chi connectivity index (χ4v) is 5.12. The monoisotopic (exact) mass is 465 g/mol. The lowest BCUT2D eigenvalue weighted by Gasteiger charge is -2.38. The van der Waals surface area contributed by atoms with Gasteiger partial charge in [0.15, 0.2) is 5.84 Å². The van der Waals surface area contributed by atoms with Gasteiger partial charge in [0.1, 0.15) is 0 Å². The van der Waals surface area contributed by atoms with Crippen LogP contribution in [0.15, 0.2) is 77.7 Å². The number of hydrogen-bond donors (Lipinski definition) is 1. The summed E-state index contributed by atoms with van der Waals surface area (Å²) in [6.45, 7) is 10.6. The topological polar surface area (TPSA) is 59.9 Å². The summed E-state index contributed by atoms with van der Waals surface area (Å²) in [5.41, 5.74) is 7.49. The Kier molecular flexibility index (Phi) is 5.70. The van der Waals surface area contributed by atoms with Crippen LogP contribution in [-0.2, 0) is 0 Å². The molecular weight excluding hydrogens is 434 g/mol. The second kappa shape index (κ2) is 9.15. The lowest BCUT2D eigenvalue weighted by molar-refractivity contribution is 0.209. The molecule has 7 heteroatoms. The minimum atomic E-state index is 0.620. The van der Waals surface area contributed by atoms with Crippen molar-refractivity contribution < 1.29 is 0 Å². The van der Waals surface area contributed by atoms with Crippen LogP contribution in [0.4, 0.5) is 11.4 Å². The summed E-state index contributed by atoms with van der Waals surface area (Å²) in [5.74, 6) is 0.996. The van der Waals surface area contributed by atoms with Crippen LogP contribution in [-0.4, -0.2) is 70.9 Å². The van der Waals surface area contributed by atoms with E-state index in [9.17, 15) is 0 Å². The van der Waals surface area contributed by atoms with E-state index in [-0.39, 0.29) is 0 Å². The van der Waals surface area contributed by atoms with Gasteiger partial charge in [-0.05, 0) is 62.4 Å². The molecule has 2 aromatic carbocycles. The Hall–Kier alpha value is -3.71. The molecule has 0 spiro atoms. The van der Waals surface area contributed by atoms with Gasteiger partial charge < -0.3 is 15.1 Å². The number of allylic oxidation sites excluding steroid dienone is 2. The Balaban J connectivity index is 1.19. The van der Waals surface area contributed by atoms with Gasteiger partial charge in [0.25, 0.3) is 0 Å². The van der Waals surface area contributed by atoms with Crippen molar-refractivity contribution >= 4 is 33.9 Å². The number of fused-ring (bicyclic) bond motifs is 2. The summed E-state index contributed by atoms with van der Waals surface area (Å²) < 4.78 is 0. The molecule has 6 rings (SSSR count). The molecule has 3 aromatic rings. The van der Waals surface area contributed by atoms with Crippen LogP contribution in [0.5, 0.6) is 0 Å². The van der Waals surface area contributed by atoms with Gasteiger partial charge in [-0.1, -0.05) is 6.07 Å². The molecule has 0 bridgehead atoms. The highest BCUT2D eigenvalue weighted by molar-refractivity contribution is 6.08. The maximum atomic E-state index is 4.82. The van der Waals surface area contributed by atoms with E-state index < -0.39 is 0 Å². The van der Waals surface area contributed by atoms with Crippen LogP contribution in [0.2, 0.25) is 0 Å². The molecular formula is C28H31N7. The number of aromatic nitrogens is 2. The Morgan fingerprint density at radius 2 is 1.60 bits per heavy atom. The zero-order valence-electron chi connectivity index (χ0n) is 20.4. The van der Waals surface area contributed by atoms with Crippen LogP contribution < -0.4 is 10.2 Å². The predicted molar refractivity (Wildman–Crippen MR) is 144 cm³/mol. The van der Waals surface area contributed by atoms with E-state index in [0.29, 0.717) is 6.04 Å². The second-order valence-electron chi connectivity index (χ2n) is 9.54. The average molecular weight is 466 g/mol. The highest BCUT2D eigenvalue weighted by atomic mass is 15.3. The summed E-state index contributed by atoms with van der Waals surface area (Å²) in [6, 6.07) is 15.7. The van der Waals surface area contributed by atoms with Gasteiger partial charge in [0, 0.05) is 73.8 Å². The fraction of sp³-hybridized carbons (Fsp3) is 0.321. The zero-order chi connectivity index (χ0) is 23.8. The number of aliphatic imine (C=N–C) groups is 1. The second-order valence-corrected chi connectivity index (χ2v) is 9.54. The largest absolute Gasteiger partial charge is 0.369 e. The number of piperazine rings is 1. The summed E-state index contributed by atoms with van der Waals surface area (Å²) in [5, 5.41) is 3.60. The number of hydrogen-bond acceptors (Lipinski definition) is 7. The Morgan fingerprint density at radius 3 is 2.37 bits per heavy atom. The van der Waals surface area contributed by atoms with Crippen molar-refractivity contribution in [3.63, 3.8) is 0 Å². The Bertz CT molecular complexity index is 1310. The molecule has 3 aliphatic heterocycles. The maximum Gasteiger partial charge on any atom is 0.152 e. The van der Waals surface area contributed by atoms with E-state index in [0.717, 1.165) is 78.8 Å². The van der Waals surface area contributed by atoms with E-state index in [4.69, 9.17) is 4.99 Å². The minimum absolute atomic E-state index is 0.620. The van der Waals surface area contributed by atoms with Crippen LogP contribution in [0, 0.1) is 0 Å². The summed E-state index contributed by atoms with van der Waals surface area (Å²) in [7, 11) is 0. The zero-order valence-corrected chi connectivity index (χ0v) is 20.4. The van der Waals surface area contributed by atoms with Crippen LogP contribution >= 0.6 is 0 Å². The van der Waals surface area contributed by atoms with Gasteiger partial charge in [0.05, 0.1) is 23.3 Å². The first-order valence-electron chi connectivity index (χ1n) is 12.5. The van der Waals surface area contributed by atoms with Gasteiger partial charge in [-0.2, -0.15) is 0 Å². The number of amidine groups is 1. The van der Waals surface area contributed by atoms with E-state index in [1.54, 1.807) is 12.4 Å². The van der Waals surface area contributed by atoms with Crippen LogP contribution in [0.25, 0.3) is 16.7 Å². The van der Waals surface area contributed by atoms with E-state index in [1.165, 1.54) is 5.69 Å². The van der Waals surface area contributed by atoms with Crippen molar-refractivity contribution in [1.82, 2.24) is 19.8 Å². The summed E-state index contributed by atoms with van der Waals surface area (Å²) in [4.78, 5) is 21.0. The highest BCUT2D eigenvalue weighted by Gasteiger charge is 2.27. The van der Waals surface area contributed by atoms with Crippen LogP contribution in [0.1, 0.15) is 19.4 Å². The minimum Gasteiger partial charge on any atom is -0.369 e. The van der Waals surface area contributed by atoms with Gasteiger partial charge in [0.2, 0.25) is 0 Å². The molecule has 1 saturated heterocycles. The summed E-state index contributed by atoms with van der Waals surface area (Å²) in [6.07, 6.45) is 7.78. The first-order valence-corrected chi connectivity index (χ1v) is 12.5. The van der Waals surface area contributed by atoms with Gasteiger partial charge >= 0.3 is 0 Å². The van der Waals surface area contributed by atoms with E-state index >= 15 is 0 Å². The van der Waals surface area contributed by atoms with E-state index in [1.807, 2.05) is 6.07 Å². The molecule has 1 N–H and O–H groups in total. The number of anilines is 2. The first kappa shape index (κ1) is 21.8.